The van der Waals surface area contributed by atoms with Crippen molar-refractivity contribution in [2.75, 3.05) is 5.32 Å². The van der Waals surface area contributed by atoms with Gasteiger partial charge in [-0.3, -0.25) is 9.59 Å². The highest BCUT2D eigenvalue weighted by Crippen LogP contribution is 2.13. The topological polar surface area (TPSA) is 58.2 Å². The van der Waals surface area contributed by atoms with Gasteiger partial charge in [-0.2, -0.15) is 0 Å². The van der Waals surface area contributed by atoms with Crippen molar-refractivity contribution >= 4 is 18.0 Å². The third-order valence-electron chi connectivity index (χ3n) is 3.02. The summed E-state index contributed by atoms with van der Waals surface area (Å²) in [5.74, 6) is -0.140. The van der Waals surface area contributed by atoms with Gasteiger partial charge in [0.25, 0.3) is 5.91 Å². The van der Waals surface area contributed by atoms with Crippen molar-refractivity contribution in [2.45, 2.75) is 13.0 Å². The Morgan fingerprint density at radius 3 is 2.30 bits per heavy atom. The molecule has 2 rings (SSSR count). The Kier molecular flexibility index (Phi) is 4.50. The number of rotatable bonds is 5. The molecule has 102 valence electrons. The average Bonchev–Trinajstić information content (AvgIpc) is 2.49. The van der Waals surface area contributed by atoms with Crippen molar-refractivity contribution in [1.29, 1.82) is 0 Å². The molecule has 2 N–H and O–H groups in total. The monoisotopic (exact) mass is 268 g/mol. The maximum Gasteiger partial charge on any atom is 0.251 e. The van der Waals surface area contributed by atoms with Gasteiger partial charge >= 0.3 is 0 Å². The number of carbonyl (C=O) groups excluding carboxylic acids is 2. The Bertz CT molecular complexity index is 579. The van der Waals surface area contributed by atoms with Crippen LogP contribution in [0.2, 0.25) is 0 Å². The zero-order valence-electron chi connectivity index (χ0n) is 11.2. The maximum atomic E-state index is 12.1. The molecule has 0 bridgehead atoms. The summed E-state index contributed by atoms with van der Waals surface area (Å²) in [4.78, 5) is 22.4. The lowest BCUT2D eigenvalue weighted by molar-refractivity contribution is -0.105. The standard InChI is InChI=1S/C16H16N2O2/c1-12(13-5-3-2-4-6-13)18-16(20)14-7-9-15(10-8-14)17-11-19/h2-12H,1H3,(H,17,19)(H,18,20). The van der Waals surface area contributed by atoms with Gasteiger partial charge in [0.05, 0.1) is 6.04 Å². The van der Waals surface area contributed by atoms with Gasteiger partial charge in [0.2, 0.25) is 6.41 Å². The molecule has 0 saturated carbocycles. The summed E-state index contributed by atoms with van der Waals surface area (Å²) in [5, 5.41) is 5.46. The van der Waals surface area contributed by atoms with E-state index in [0.717, 1.165) is 5.56 Å². The number of hydrogen-bond acceptors (Lipinski definition) is 2. The van der Waals surface area contributed by atoms with E-state index >= 15 is 0 Å². The summed E-state index contributed by atoms with van der Waals surface area (Å²) in [6, 6.07) is 16.5. The first kappa shape index (κ1) is 13.8. The highest BCUT2D eigenvalue weighted by Gasteiger charge is 2.10. The van der Waals surface area contributed by atoms with Gasteiger partial charge < -0.3 is 10.6 Å². The van der Waals surface area contributed by atoms with Gasteiger partial charge in [0.15, 0.2) is 0 Å². The largest absolute Gasteiger partial charge is 0.346 e. The van der Waals surface area contributed by atoms with Crippen LogP contribution in [0, 0.1) is 0 Å². The molecule has 0 heterocycles. The third-order valence-corrected chi connectivity index (χ3v) is 3.02. The van der Waals surface area contributed by atoms with E-state index in [1.54, 1.807) is 24.3 Å². The quantitative estimate of drug-likeness (QED) is 0.819. The second kappa shape index (κ2) is 6.52. The molecule has 0 radical (unpaired) electrons. The van der Waals surface area contributed by atoms with Crippen LogP contribution in [0.15, 0.2) is 54.6 Å². The SMILES string of the molecule is CC(NC(=O)c1ccc(NC=O)cc1)c1ccccc1. The first-order chi connectivity index (χ1) is 9.70. The van der Waals surface area contributed by atoms with E-state index in [1.807, 2.05) is 37.3 Å². The molecule has 2 aromatic rings. The van der Waals surface area contributed by atoms with E-state index in [0.29, 0.717) is 17.7 Å². The molecule has 0 aromatic heterocycles. The Balaban J connectivity index is 2.02. The van der Waals surface area contributed by atoms with Crippen LogP contribution in [0.25, 0.3) is 0 Å². The fourth-order valence-electron chi connectivity index (χ4n) is 1.89. The van der Waals surface area contributed by atoms with E-state index in [1.165, 1.54) is 0 Å². The second-order valence-corrected chi connectivity index (χ2v) is 4.45. The van der Waals surface area contributed by atoms with Gasteiger partial charge in [-0.1, -0.05) is 30.3 Å². The number of carbonyl (C=O) groups is 2. The van der Waals surface area contributed by atoms with Crippen molar-refractivity contribution in [2.24, 2.45) is 0 Å². The predicted octanol–water partition coefficient (Wildman–Crippen LogP) is 2.75. The molecule has 0 saturated heterocycles. The molecule has 20 heavy (non-hydrogen) atoms. The molecular formula is C16H16N2O2. The lowest BCUT2D eigenvalue weighted by Gasteiger charge is -2.14. The highest BCUT2D eigenvalue weighted by atomic mass is 16.1. The zero-order valence-corrected chi connectivity index (χ0v) is 11.2. The summed E-state index contributed by atoms with van der Waals surface area (Å²) in [5.41, 5.74) is 2.27. The Labute approximate surface area is 117 Å². The van der Waals surface area contributed by atoms with Crippen LogP contribution in [0.4, 0.5) is 5.69 Å². The van der Waals surface area contributed by atoms with E-state index in [2.05, 4.69) is 10.6 Å². The molecule has 4 nitrogen and oxygen atoms in total. The van der Waals surface area contributed by atoms with Crippen LogP contribution in [-0.4, -0.2) is 12.3 Å². The summed E-state index contributed by atoms with van der Waals surface area (Å²) in [6.07, 6.45) is 0.604. The minimum atomic E-state index is -0.140. The Hall–Kier alpha value is -2.62. The first-order valence-corrected chi connectivity index (χ1v) is 6.37. The van der Waals surface area contributed by atoms with Crippen LogP contribution >= 0.6 is 0 Å². The van der Waals surface area contributed by atoms with Crippen molar-refractivity contribution < 1.29 is 9.59 Å². The molecule has 4 heteroatoms. The number of amides is 2. The van der Waals surface area contributed by atoms with E-state index in [9.17, 15) is 9.59 Å². The lowest BCUT2D eigenvalue weighted by atomic mass is 10.1. The summed E-state index contributed by atoms with van der Waals surface area (Å²) < 4.78 is 0. The lowest BCUT2D eigenvalue weighted by Crippen LogP contribution is -2.26. The van der Waals surface area contributed by atoms with Gasteiger partial charge in [-0.15, -0.1) is 0 Å². The van der Waals surface area contributed by atoms with E-state index in [4.69, 9.17) is 0 Å². The molecule has 1 unspecified atom stereocenters. The van der Waals surface area contributed by atoms with Crippen molar-refractivity contribution in [3.05, 3.63) is 65.7 Å². The zero-order chi connectivity index (χ0) is 14.4. The van der Waals surface area contributed by atoms with Gasteiger partial charge in [-0.25, -0.2) is 0 Å². The molecule has 2 amide bonds. The van der Waals surface area contributed by atoms with Crippen molar-refractivity contribution in [3.8, 4) is 0 Å². The summed E-state index contributed by atoms with van der Waals surface area (Å²) >= 11 is 0. The molecule has 1 atom stereocenters. The van der Waals surface area contributed by atoms with Crippen LogP contribution < -0.4 is 10.6 Å². The van der Waals surface area contributed by atoms with Gasteiger partial charge in [0, 0.05) is 11.3 Å². The Morgan fingerprint density at radius 2 is 1.70 bits per heavy atom. The summed E-state index contributed by atoms with van der Waals surface area (Å²) in [6.45, 7) is 1.94. The minimum Gasteiger partial charge on any atom is -0.346 e. The number of benzene rings is 2. The highest BCUT2D eigenvalue weighted by molar-refractivity contribution is 5.95. The normalized spacial score (nSPS) is 11.4. The van der Waals surface area contributed by atoms with E-state index < -0.39 is 0 Å². The van der Waals surface area contributed by atoms with Crippen LogP contribution in [0.1, 0.15) is 28.9 Å². The van der Waals surface area contributed by atoms with Gasteiger partial charge in [0.1, 0.15) is 0 Å². The van der Waals surface area contributed by atoms with Crippen molar-refractivity contribution in [3.63, 3.8) is 0 Å². The van der Waals surface area contributed by atoms with E-state index in [-0.39, 0.29) is 11.9 Å². The molecular weight excluding hydrogens is 252 g/mol. The number of nitrogens with one attached hydrogen (secondary N) is 2. The fourth-order valence-corrected chi connectivity index (χ4v) is 1.89. The number of anilines is 1. The summed E-state index contributed by atoms with van der Waals surface area (Å²) in [7, 11) is 0. The third kappa shape index (κ3) is 3.45. The maximum absolute atomic E-state index is 12.1. The minimum absolute atomic E-state index is 0.0588. The second-order valence-electron chi connectivity index (χ2n) is 4.45. The molecule has 0 fully saturated rings. The first-order valence-electron chi connectivity index (χ1n) is 6.37. The van der Waals surface area contributed by atoms with Crippen molar-refractivity contribution in [1.82, 2.24) is 5.32 Å². The van der Waals surface area contributed by atoms with Crippen LogP contribution in [-0.2, 0) is 4.79 Å². The smallest absolute Gasteiger partial charge is 0.251 e. The predicted molar refractivity (Wildman–Crippen MR) is 78.5 cm³/mol. The van der Waals surface area contributed by atoms with Crippen LogP contribution in [0.3, 0.4) is 0 Å². The molecule has 0 spiro atoms. The molecule has 2 aromatic carbocycles. The van der Waals surface area contributed by atoms with Crippen LogP contribution in [0.5, 0.6) is 0 Å². The molecule has 0 aliphatic rings. The molecule has 0 aliphatic heterocycles. The molecule has 0 aliphatic carbocycles. The average molecular weight is 268 g/mol. The Morgan fingerprint density at radius 1 is 1.05 bits per heavy atom. The van der Waals surface area contributed by atoms with Gasteiger partial charge in [-0.05, 0) is 36.8 Å². The number of hydrogen-bond donors (Lipinski definition) is 2. The fraction of sp³-hybridized carbons (Fsp3) is 0.125.